The molecule has 0 radical (unpaired) electrons. The van der Waals surface area contributed by atoms with Crippen LogP contribution in [0.2, 0.25) is 0 Å². The number of anilines is 1. The number of hydrazine groups is 1. The number of nitrogens with one attached hydrogen (secondary N) is 2. The van der Waals surface area contributed by atoms with Crippen LogP contribution in [0.1, 0.15) is 30.1 Å². The molecule has 0 saturated carbocycles. The Labute approximate surface area is 120 Å². The van der Waals surface area contributed by atoms with Crippen molar-refractivity contribution >= 4 is 27.7 Å². The molecule has 7 heteroatoms. The van der Waals surface area contributed by atoms with Crippen LogP contribution in [-0.4, -0.2) is 29.6 Å². The third kappa shape index (κ3) is 3.43. The van der Waals surface area contributed by atoms with Gasteiger partial charge in [-0.2, -0.15) is 0 Å². The molecule has 1 saturated heterocycles. The summed E-state index contributed by atoms with van der Waals surface area (Å²) in [6, 6.07) is 1.69. The van der Waals surface area contributed by atoms with Crippen LogP contribution in [0.4, 0.5) is 5.82 Å². The predicted molar refractivity (Wildman–Crippen MR) is 75.7 cm³/mol. The molecule has 1 aliphatic rings. The lowest BCUT2D eigenvalue weighted by molar-refractivity contribution is 0.0423. The van der Waals surface area contributed by atoms with Gasteiger partial charge in [0.15, 0.2) is 5.82 Å². The second kappa shape index (κ2) is 5.85. The number of pyridine rings is 1. The van der Waals surface area contributed by atoms with E-state index in [0.717, 1.165) is 17.3 Å². The number of nitrogens with zero attached hydrogens (tertiary/aromatic N) is 1. The smallest absolute Gasteiger partial charge is 0.255 e. The van der Waals surface area contributed by atoms with Crippen molar-refractivity contribution in [2.45, 2.75) is 25.3 Å². The fraction of sp³-hybridized carbons (Fsp3) is 0.500. The molecule has 1 fully saturated rings. The first-order chi connectivity index (χ1) is 9.04. The van der Waals surface area contributed by atoms with Gasteiger partial charge in [-0.1, -0.05) is 0 Å². The lowest BCUT2D eigenvalue weighted by atomic mass is 9.92. The van der Waals surface area contributed by atoms with E-state index in [4.69, 9.17) is 10.6 Å². The average Bonchev–Trinajstić information content (AvgIpc) is 2.39. The van der Waals surface area contributed by atoms with Crippen molar-refractivity contribution in [2.24, 2.45) is 5.84 Å². The zero-order valence-electron chi connectivity index (χ0n) is 10.7. The summed E-state index contributed by atoms with van der Waals surface area (Å²) in [6.45, 7) is 3.35. The standard InChI is InChI=1S/C12H17BrN4O2/c1-12(2-4-19-5-3-12)16-11(18)9-6-8(13)7-15-10(9)17-14/h6-7H,2-5,14H2,1H3,(H,15,17)(H,16,18). The third-order valence-electron chi connectivity index (χ3n) is 3.25. The molecule has 0 atom stereocenters. The van der Waals surface area contributed by atoms with Crippen LogP contribution in [0.25, 0.3) is 0 Å². The van der Waals surface area contributed by atoms with E-state index in [1.54, 1.807) is 12.3 Å². The minimum Gasteiger partial charge on any atom is -0.381 e. The fourth-order valence-electron chi connectivity index (χ4n) is 2.02. The lowest BCUT2D eigenvalue weighted by Gasteiger charge is -2.34. The van der Waals surface area contributed by atoms with E-state index in [1.165, 1.54) is 0 Å². The number of carbonyl (C=O) groups is 1. The van der Waals surface area contributed by atoms with E-state index < -0.39 is 0 Å². The molecule has 1 amide bonds. The highest BCUT2D eigenvalue weighted by Gasteiger charge is 2.30. The second-order valence-corrected chi connectivity index (χ2v) is 5.74. The van der Waals surface area contributed by atoms with Crippen molar-refractivity contribution in [3.8, 4) is 0 Å². The monoisotopic (exact) mass is 328 g/mol. The van der Waals surface area contributed by atoms with Gasteiger partial charge >= 0.3 is 0 Å². The highest BCUT2D eigenvalue weighted by atomic mass is 79.9. The SMILES string of the molecule is CC1(NC(=O)c2cc(Br)cnc2NN)CCOCC1. The van der Waals surface area contributed by atoms with Crippen LogP contribution in [0.5, 0.6) is 0 Å². The molecule has 6 nitrogen and oxygen atoms in total. The van der Waals surface area contributed by atoms with Crippen LogP contribution in [-0.2, 0) is 4.74 Å². The number of carbonyl (C=O) groups excluding carboxylic acids is 1. The van der Waals surface area contributed by atoms with Gasteiger partial charge < -0.3 is 15.5 Å². The topological polar surface area (TPSA) is 89.3 Å². The van der Waals surface area contributed by atoms with Crippen LogP contribution < -0.4 is 16.6 Å². The Hall–Kier alpha value is -1.18. The van der Waals surface area contributed by atoms with E-state index in [1.807, 2.05) is 6.92 Å². The number of hydrogen-bond acceptors (Lipinski definition) is 5. The van der Waals surface area contributed by atoms with E-state index in [-0.39, 0.29) is 11.4 Å². The van der Waals surface area contributed by atoms with Crippen molar-refractivity contribution in [3.63, 3.8) is 0 Å². The highest BCUT2D eigenvalue weighted by molar-refractivity contribution is 9.10. The fourth-order valence-corrected chi connectivity index (χ4v) is 2.35. The molecular weight excluding hydrogens is 312 g/mol. The molecule has 0 aromatic carbocycles. The van der Waals surface area contributed by atoms with Gasteiger partial charge in [0.05, 0.1) is 5.56 Å². The Morgan fingerprint density at radius 3 is 2.84 bits per heavy atom. The number of rotatable bonds is 3. The molecular formula is C12H17BrN4O2. The summed E-state index contributed by atoms with van der Waals surface area (Å²) in [5, 5.41) is 3.04. The van der Waals surface area contributed by atoms with Crippen LogP contribution in [0.3, 0.4) is 0 Å². The van der Waals surface area contributed by atoms with Gasteiger partial charge in [0.1, 0.15) is 0 Å². The maximum absolute atomic E-state index is 12.3. The molecule has 104 valence electrons. The Kier molecular flexibility index (Phi) is 4.38. The largest absolute Gasteiger partial charge is 0.381 e. The molecule has 2 heterocycles. The van der Waals surface area contributed by atoms with Crippen LogP contribution >= 0.6 is 15.9 Å². The van der Waals surface area contributed by atoms with Crippen molar-refractivity contribution in [3.05, 3.63) is 22.3 Å². The van der Waals surface area contributed by atoms with Crippen molar-refractivity contribution in [1.29, 1.82) is 0 Å². The summed E-state index contributed by atoms with van der Waals surface area (Å²) in [4.78, 5) is 16.4. The van der Waals surface area contributed by atoms with E-state index in [2.05, 4.69) is 31.7 Å². The van der Waals surface area contributed by atoms with Gasteiger partial charge in [0.25, 0.3) is 5.91 Å². The molecule has 0 spiro atoms. The molecule has 1 aliphatic heterocycles. The van der Waals surface area contributed by atoms with E-state index in [9.17, 15) is 4.79 Å². The van der Waals surface area contributed by atoms with Gasteiger partial charge in [-0.05, 0) is 41.8 Å². The maximum Gasteiger partial charge on any atom is 0.255 e. The summed E-state index contributed by atoms with van der Waals surface area (Å²) in [6.07, 6.45) is 3.18. The summed E-state index contributed by atoms with van der Waals surface area (Å²) in [5.41, 5.74) is 2.61. The highest BCUT2D eigenvalue weighted by Crippen LogP contribution is 2.22. The van der Waals surface area contributed by atoms with Gasteiger partial charge in [-0.3, -0.25) is 4.79 Å². The van der Waals surface area contributed by atoms with E-state index in [0.29, 0.717) is 24.6 Å². The maximum atomic E-state index is 12.3. The predicted octanol–water partition coefficient (Wildman–Crippen LogP) is 1.43. The second-order valence-electron chi connectivity index (χ2n) is 4.82. The molecule has 0 aliphatic carbocycles. The zero-order chi connectivity index (χ0) is 13.9. The Morgan fingerprint density at radius 1 is 1.53 bits per heavy atom. The summed E-state index contributed by atoms with van der Waals surface area (Å²) >= 11 is 3.30. The van der Waals surface area contributed by atoms with Gasteiger partial charge in [0, 0.05) is 29.4 Å². The summed E-state index contributed by atoms with van der Waals surface area (Å²) < 4.78 is 6.04. The van der Waals surface area contributed by atoms with Gasteiger partial charge in [0.2, 0.25) is 0 Å². The summed E-state index contributed by atoms with van der Waals surface area (Å²) in [7, 11) is 0. The number of nitrogen functional groups attached to an aromatic ring is 1. The van der Waals surface area contributed by atoms with Crippen LogP contribution in [0, 0.1) is 0 Å². The minimum absolute atomic E-state index is 0.189. The molecule has 4 N–H and O–H groups in total. The normalized spacial score (nSPS) is 17.8. The number of halogens is 1. The number of ether oxygens (including phenoxy) is 1. The number of amides is 1. The molecule has 0 bridgehead atoms. The quantitative estimate of drug-likeness (QED) is 0.577. The molecule has 19 heavy (non-hydrogen) atoms. The first-order valence-corrected chi connectivity index (χ1v) is 6.86. The Morgan fingerprint density at radius 2 is 2.21 bits per heavy atom. The first kappa shape index (κ1) is 14.2. The lowest BCUT2D eigenvalue weighted by Crippen LogP contribution is -2.49. The van der Waals surface area contributed by atoms with Gasteiger partial charge in [-0.25, -0.2) is 10.8 Å². The minimum atomic E-state index is -0.247. The van der Waals surface area contributed by atoms with Crippen molar-refractivity contribution in [1.82, 2.24) is 10.3 Å². The van der Waals surface area contributed by atoms with Gasteiger partial charge in [-0.15, -0.1) is 0 Å². The Balaban J connectivity index is 2.17. The number of hydrogen-bond donors (Lipinski definition) is 3. The van der Waals surface area contributed by atoms with Crippen molar-refractivity contribution < 1.29 is 9.53 Å². The Bertz CT molecular complexity index is 475. The summed E-state index contributed by atoms with van der Waals surface area (Å²) in [5.74, 6) is 5.55. The molecule has 0 unspecified atom stereocenters. The molecule has 1 aromatic heterocycles. The average molecular weight is 329 g/mol. The van der Waals surface area contributed by atoms with E-state index >= 15 is 0 Å². The zero-order valence-corrected chi connectivity index (χ0v) is 12.3. The van der Waals surface area contributed by atoms with Crippen molar-refractivity contribution in [2.75, 3.05) is 18.6 Å². The number of nitrogens with two attached hydrogens (primary N) is 1. The first-order valence-electron chi connectivity index (χ1n) is 6.06. The molecule has 1 aromatic rings. The number of aromatic nitrogens is 1. The molecule has 2 rings (SSSR count). The van der Waals surface area contributed by atoms with Crippen LogP contribution in [0.15, 0.2) is 16.7 Å². The third-order valence-corrected chi connectivity index (χ3v) is 3.68.